The number of aryl methyl sites for hydroxylation is 2. The highest BCUT2D eigenvalue weighted by atomic mass is 35.5. The van der Waals surface area contributed by atoms with Crippen molar-refractivity contribution in [1.29, 1.82) is 0 Å². The minimum absolute atomic E-state index is 0.0156. The van der Waals surface area contributed by atoms with E-state index in [4.69, 9.17) is 31.9 Å². The molecule has 38 heavy (non-hydrogen) atoms. The molecule has 0 atom stereocenters. The maximum atomic E-state index is 13.2. The molecule has 4 aromatic rings. The summed E-state index contributed by atoms with van der Waals surface area (Å²) in [6.45, 7) is -0.133. The van der Waals surface area contributed by atoms with E-state index in [-0.39, 0.29) is 64.1 Å². The number of fused-ring (bicyclic) bond motifs is 1. The van der Waals surface area contributed by atoms with E-state index in [1.807, 2.05) is 0 Å². The molecule has 0 fully saturated rings. The summed E-state index contributed by atoms with van der Waals surface area (Å²) in [5.74, 6) is 0.359. The number of pyridine rings is 2. The zero-order chi connectivity index (χ0) is 27.6. The molecule has 16 heteroatoms. The molecular weight excluding hydrogens is 533 g/mol. The monoisotopic (exact) mass is 552 g/mol. The van der Waals surface area contributed by atoms with E-state index in [1.54, 1.807) is 0 Å². The average molecular weight is 553 g/mol. The lowest BCUT2D eigenvalue weighted by Gasteiger charge is -2.13. The maximum absolute atomic E-state index is 13.2. The van der Waals surface area contributed by atoms with Crippen LogP contribution in [0.1, 0.15) is 11.3 Å². The highest BCUT2D eigenvalue weighted by molar-refractivity contribution is 6.36. The quantitative estimate of drug-likeness (QED) is 0.278. The van der Waals surface area contributed by atoms with Crippen molar-refractivity contribution >= 4 is 40.2 Å². The number of aliphatic hydroxyl groups is 1. The second kappa shape index (κ2) is 10.5. The van der Waals surface area contributed by atoms with Crippen LogP contribution in [0.2, 0.25) is 5.02 Å². The Morgan fingerprint density at radius 1 is 1.24 bits per heavy atom. The van der Waals surface area contributed by atoms with Crippen LogP contribution in [0.25, 0.3) is 16.9 Å². The van der Waals surface area contributed by atoms with Crippen LogP contribution < -0.4 is 26.1 Å². The van der Waals surface area contributed by atoms with Crippen molar-refractivity contribution in [3.63, 3.8) is 0 Å². The van der Waals surface area contributed by atoms with Gasteiger partial charge in [-0.3, -0.25) is 4.79 Å². The Bertz CT molecular complexity index is 1570. The lowest BCUT2D eigenvalue weighted by atomic mass is 10.2. The van der Waals surface area contributed by atoms with Gasteiger partial charge in [-0.25, -0.2) is 15.0 Å². The molecule has 0 aromatic carbocycles. The Morgan fingerprint density at radius 3 is 2.63 bits per heavy atom. The standard InChI is InChI=1S/C22H20ClF3N8O4/c1-33-10-11(22(24,25)26)5-12(20(33)36)31-21-32-19-18(34(21)2)17(23)15(8-30-19)38-14(6-27)13-7-29-16(9-28-13)37-4-3-35/h5-10,35H,3-4,27H2,1-2H3,(H,30,31,32)/b14-6+. The summed E-state index contributed by atoms with van der Waals surface area (Å²) >= 11 is 6.56. The minimum Gasteiger partial charge on any atom is -0.474 e. The number of rotatable bonds is 8. The van der Waals surface area contributed by atoms with E-state index in [9.17, 15) is 18.0 Å². The second-order valence-corrected chi connectivity index (χ2v) is 8.11. The largest absolute Gasteiger partial charge is 0.474 e. The first-order valence-corrected chi connectivity index (χ1v) is 11.1. The second-order valence-electron chi connectivity index (χ2n) is 7.73. The number of hydrogen-bond donors (Lipinski definition) is 3. The SMILES string of the molecule is Cn1cc(C(F)(F)F)cc(Nc2nc3ncc(O/C(=C/N)c4cnc(OCCO)cn4)c(Cl)c3n2C)c1=O. The molecule has 0 bridgehead atoms. The van der Waals surface area contributed by atoms with Crippen LogP contribution in [-0.4, -0.2) is 47.4 Å². The summed E-state index contributed by atoms with van der Waals surface area (Å²) in [4.78, 5) is 29.1. The topological polar surface area (TPSA) is 155 Å². The Kier molecular flexibility index (Phi) is 7.41. The van der Waals surface area contributed by atoms with E-state index in [0.717, 1.165) is 10.8 Å². The molecule has 12 nitrogen and oxygen atoms in total. The number of hydrogen-bond acceptors (Lipinski definition) is 10. The molecule has 0 spiro atoms. The summed E-state index contributed by atoms with van der Waals surface area (Å²) in [5.41, 5.74) is 4.31. The van der Waals surface area contributed by atoms with Crippen LogP contribution in [0.4, 0.5) is 24.8 Å². The van der Waals surface area contributed by atoms with Gasteiger partial charge in [-0.05, 0) is 6.07 Å². The van der Waals surface area contributed by atoms with Gasteiger partial charge in [-0.2, -0.15) is 18.2 Å². The summed E-state index contributed by atoms with van der Waals surface area (Å²) in [7, 11) is 2.74. The van der Waals surface area contributed by atoms with Crippen LogP contribution in [0, 0.1) is 0 Å². The fourth-order valence-corrected chi connectivity index (χ4v) is 3.63. The Morgan fingerprint density at radius 2 is 2.00 bits per heavy atom. The number of aromatic nitrogens is 6. The highest BCUT2D eigenvalue weighted by Gasteiger charge is 2.32. The third-order valence-electron chi connectivity index (χ3n) is 5.16. The molecular formula is C22H20ClF3N8O4. The number of aliphatic hydroxyl groups excluding tert-OH is 1. The number of nitrogens with two attached hydrogens (primary N) is 1. The number of alkyl halides is 3. The number of nitrogens with zero attached hydrogens (tertiary/aromatic N) is 6. The van der Waals surface area contributed by atoms with Crippen molar-refractivity contribution in [2.24, 2.45) is 19.8 Å². The van der Waals surface area contributed by atoms with E-state index in [0.29, 0.717) is 12.3 Å². The smallest absolute Gasteiger partial charge is 0.417 e. The van der Waals surface area contributed by atoms with Crippen LogP contribution >= 0.6 is 11.6 Å². The lowest BCUT2D eigenvalue weighted by molar-refractivity contribution is -0.138. The van der Waals surface area contributed by atoms with E-state index >= 15 is 0 Å². The van der Waals surface area contributed by atoms with Crippen molar-refractivity contribution in [3.05, 3.63) is 63.7 Å². The molecule has 0 radical (unpaired) electrons. The maximum Gasteiger partial charge on any atom is 0.417 e. The van der Waals surface area contributed by atoms with Gasteiger partial charge >= 0.3 is 6.18 Å². The fraction of sp³-hybridized carbons (Fsp3) is 0.227. The van der Waals surface area contributed by atoms with Crippen LogP contribution in [0.15, 0.2) is 41.8 Å². The summed E-state index contributed by atoms with van der Waals surface area (Å²) < 4.78 is 52.9. The van der Waals surface area contributed by atoms with E-state index < -0.39 is 17.3 Å². The van der Waals surface area contributed by atoms with E-state index in [1.165, 1.54) is 37.3 Å². The molecule has 4 aromatic heterocycles. The first-order valence-electron chi connectivity index (χ1n) is 10.7. The zero-order valence-electron chi connectivity index (χ0n) is 19.8. The molecule has 0 aliphatic carbocycles. The van der Waals surface area contributed by atoms with Gasteiger partial charge in [0.1, 0.15) is 28.5 Å². The number of ether oxygens (including phenoxy) is 2. The molecule has 4 rings (SSSR count). The van der Waals surface area contributed by atoms with Gasteiger partial charge in [-0.1, -0.05) is 11.6 Å². The summed E-state index contributed by atoms with van der Waals surface area (Å²) in [6.07, 6.45) is 1.12. The number of imidazole rings is 1. The van der Waals surface area contributed by atoms with Crippen LogP contribution in [-0.2, 0) is 20.3 Å². The van der Waals surface area contributed by atoms with Crippen LogP contribution in [0.5, 0.6) is 11.6 Å². The van der Waals surface area contributed by atoms with Crippen molar-refractivity contribution < 1.29 is 27.8 Å². The van der Waals surface area contributed by atoms with Crippen LogP contribution in [0.3, 0.4) is 0 Å². The van der Waals surface area contributed by atoms with Gasteiger partial charge in [0.25, 0.3) is 5.56 Å². The molecule has 0 saturated carbocycles. The first-order chi connectivity index (χ1) is 18.0. The molecule has 0 aliphatic heterocycles. The first kappa shape index (κ1) is 26.7. The number of halogens is 4. The van der Waals surface area contributed by atoms with Crippen molar-refractivity contribution in [2.45, 2.75) is 6.18 Å². The van der Waals surface area contributed by atoms with Crippen molar-refractivity contribution in [2.75, 3.05) is 18.5 Å². The van der Waals surface area contributed by atoms with Crippen molar-refractivity contribution in [1.82, 2.24) is 29.1 Å². The predicted molar refractivity (Wildman–Crippen MR) is 131 cm³/mol. The Labute approximate surface area is 217 Å². The van der Waals surface area contributed by atoms with Gasteiger partial charge < -0.3 is 34.8 Å². The molecule has 0 aliphatic rings. The molecule has 200 valence electrons. The molecule has 0 amide bonds. The third kappa shape index (κ3) is 5.33. The Hall–Kier alpha value is -4.37. The van der Waals surface area contributed by atoms with Gasteiger partial charge in [0.15, 0.2) is 17.2 Å². The molecule has 0 saturated heterocycles. The zero-order valence-corrected chi connectivity index (χ0v) is 20.6. The van der Waals surface area contributed by atoms with Gasteiger partial charge in [0, 0.05) is 26.5 Å². The van der Waals surface area contributed by atoms with Crippen molar-refractivity contribution in [3.8, 4) is 11.6 Å². The normalized spacial score (nSPS) is 12.1. The van der Waals surface area contributed by atoms with Gasteiger partial charge in [0.05, 0.1) is 30.8 Å². The molecule has 0 unspecified atom stereocenters. The third-order valence-corrected chi connectivity index (χ3v) is 5.52. The molecule has 4 N–H and O–H groups in total. The molecule has 4 heterocycles. The number of anilines is 2. The minimum atomic E-state index is -4.66. The fourth-order valence-electron chi connectivity index (χ4n) is 3.33. The summed E-state index contributed by atoms with van der Waals surface area (Å²) in [6, 6.07) is 0.699. The number of nitrogens with one attached hydrogen (secondary N) is 1. The van der Waals surface area contributed by atoms with Gasteiger partial charge in [-0.15, -0.1) is 0 Å². The summed E-state index contributed by atoms with van der Waals surface area (Å²) in [5, 5.41) is 11.5. The van der Waals surface area contributed by atoms with E-state index in [2.05, 4.69) is 25.3 Å². The highest BCUT2D eigenvalue weighted by Crippen LogP contribution is 2.35. The van der Waals surface area contributed by atoms with Gasteiger partial charge in [0.2, 0.25) is 11.8 Å². The average Bonchev–Trinajstić information content (AvgIpc) is 3.20. The predicted octanol–water partition coefficient (Wildman–Crippen LogP) is 2.58. The Balaban J connectivity index is 1.65. The lowest BCUT2D eigenvalue weighted by Crippen LogP contribution is -2.23.